The lowest BCUT2D eigenvalue weighted by atomic mass is 9.84. The van der Waals surface area contributed by atoms with Crippen molar-refractivity contribution in [3.63, 3.8) is 0 Å². The number of para-hydroxylation sites is 1. The van der Waals surface area contributed by atoms with Crippen molar-refractivity contribution in [2.75, 3.05) is 33.0 Å². The molecule has 3 aliphatic heterocycles. The Hall–Kier alpha value is -6.05. The molecule has 24 heteroatoms. The van der Waals surface area contributed by atoms with E-state index < -0.39 is 13.1 Å². The van der Waals surface area contributed by atoms with Gasteiger partial charge in [-0.2, -0.15) is 0 Å². The van der Waals surface area contributed by atoms with Crippen LogP contribution in [-0.4, -0.2) is 115 Å². The second kappa shape index (κ2) is 29.8. The van der Waals surface area contributed by atoms with Crippen molar-refractivity contribution in [1.29, 1.82) is 0 Å². The Morgan fingerprint density at radius 2 is 1.24 bits per heavy atom. The number of carboxylic acids is 1. The zero-order valence-electron chi connectivity index (χ0n) is 49.5. The monoisotopic (exact) mass is 1330 g/mol. The normalized spacial score (nSPS) is 15.2. The van der Waals surface area contributed by atoms with Gasteiger partial charge in [-0.1, -0.05) is 83.1 Å². The third kappa shape index (κ3) is 16.8. The summed E-state index contributed by atoms with van der Waals surface area (Å²) in [5.74, 6) is -0.804. The molecule has 17 nitrogen and oxygen atoms in total. The smallest absolute Gasteiger partial charge is 0.488 e. The van der Waals surface area contributed by atoms with Crippen molar-refractivity contribution in [2.45, 2.75) is 119 Å². The standard InChI is InChI=1S/C32H33N3O4S.C12H11ClN2O2S.C11H15BClNO2.C7H8BrNO2S/c1-20-5-3-6-26(27-7-4-8-28(34-27)31-33-21(2)30(40-31)32(36)37)29(20)39-19-22-9-10-24-18-35(14-11-23(24)17-22)25-12-15-38-16-13-25;1-3-17-12(16)10-7(2)14-11(18-10)8-5-4-6-9(13)15-8;1-10(2)11(3,4)16-12(15-10)8-6-5-7-9(13)14-8;1-3-11-6(10)5-4(2)9-7(8)12-5/h3-10,17,25H,11-16,18-19H2,1-2H3,(H,36,37);4-6H,3H2,1-2H3;5-7H,1-4H3;3H2,1-2H3. The SMILES string of the molecule is CC1(C)OB(c2cccc(Cl)n2)OC1(C)C.CCOC(=O)c1sc(-c2cccc(Cl)n2)nc1C.CCOC(=O)c1sc(Br)nc1C.Cc1cccc(-c2cccc(-c3nc(C)c(C(=O)O)s3)n2)c1OCc1ccc2c(c1)CCN(C1CCOCC1)C2. The van der Waals surface area contributed by atoms with Gasteiger partial charge in [-0.15, -0.1) is 22.7 Å². The van der Waals surface area contributed by atoms with Gasteiger partial charge in [0.25, 0.3) is 0 Å². The number of carbonyl (C=O) groups is 3. The molecule has 452 valence electrons. The first kappa shape index (κ1) is 65.9. The van der Waals surface area contributed by atoms with Gasteiger partial charge in [-0.05, 0) is 169 Å². The molecule has 2 aromatic carbocycles. The lowest BCUT2D eigenvalue weighted by molar-refractivity contribution is 0.00578. The number of halogens is 3. The highest BCUT2D eigenvalue weighted by atomic mass is 79.9. The topological polar surface area (TPSA) is 207 Å². The lowest BCUT2D eigenvalue weighted by Crippen LogP contribution is -2.42. The molecule has 9 heterocycles. The molecule has 0 atom stereocenters. The number of nitrogens with zero attached hydrogens (tertiary/aromatic N) is 7. The van der Waals surface area contributed by atoms with E-state index in [1.165, 1.54) is 33.8 Å². The fourth-order valence-electron chi connectivity index (χ4n) is 9.38. The summed E-state index contributed by atoms with van der Waals surface area (Å²) in [4.78, 5) is 64.4. The van der Waals surface area contributed by atoms with E-state index in [0.29, 0.717) is 93.9 Å². The predicted molar refractivity (Wildman–Crippen MR) is 342 cm³/mol. The summed E-state index contributed by atoms with van der Waals surface area (Å²) in [6.45, 7) is 24.0. The Balaban J connectivity index is 0.000000172. The van der Waals surface area contributed by atoms with Gasteiger partial charge in [0.1, 0.15) is 53.0 Å². The maximum atomic E-state index is 11.7. The van der Waals surface area contributed by atoms with Gasteiger partial charge < -0.3 is 33.4 Å². The Labute approximate surface area is 532 Å². The molecule has 0 spiro atoms. The van der Waals surface area contributed by atoms with Crippen LogP contribution in [0.2, 0.25) is 10.3 Å². The third-order valence-electron chi connectivity index (χ3n) is 14.5. The van der Waals surface area contributed by atoms with E-state index in [2.05, 4.69) is 63.9 Å². The Morgan fingerprint density at radius 3 is 1.84 bits per heavy atom. The summed E-state index contributed by atoms with van der Waals surface area (Å²) in [5, 5.41) is 11.5. The molecule has 11 rings (SSSR count). The van der Waals surface area contributed by atoms with Gasteiger partial charge in [0.2, 0.25) is 0 Å². The van der Waals surface area contributed by atoms with Crippen molar-refractivity contribution in [3.8, 4) is 38.4 Å². The number of esters is 2. The first-order chi connectivity index (χ1) is 41.0. The highest BCUT2D eigenvalue weighted by Crippen LogP contribution is 2.38. The number of pyridine rings is 3. The molecular weight excluding hydrogens is 1260 g/mol. The van der Waals surface area contributed by atoms with Gasteiger partial charge in [-0.25, -0.2) is 44.3 Å². The predicted octanol–water partition coefficient (Wildman–Crippen LogP) is 14.1. The summed E-state index contributed by atoms with van der Waals surface area (Å²) in [6, 6.07) is 29.9. The van der Waals surface area contributed by atoms with Gasteiger partial charge in [0, 0.05) is 37.9 Å². The average Bonchev–Trinajstić information content (AvgIpc) is 2.18. The van der Waals surface area contributed by atoms with Crippen molar-refractivity contribution in [3.05, 3.63) is 159 Å². The van der Waals surface area contributed by atoms with E-state index in [1.807, 2.05) is 83.1 Å². The Morgan fingerprint density at radius 1 is 0.686 bits per heavy atom. The van der Waals surface area contributed by atoms with E-state index in [-0.39, 0.29) is 28.0 Å². The first-order valence-electron chi connectivity index (χ1n) is 27.9. The second-order valence-corrected chi connectivity index (χ2v) is 26.2. The van der Waals surface area contributed by atoms with Gasteiger partial charge in [0.05, 0.1) is 58.5 Å². The summed E-state index contributed by atoms with van der Waals surface area (Å²) in [5.41, 5.74) is 9.89. The Kier molecular flexibility index (Phi) is 22.8. The molecule has 86 heavy (non-hydrogen) atoms. The third-order valence-corrected chi connectivity index (χ3v) is 18.8. The number of aromatic nitrogens is 6. The van der Waals surface area contributed by atoms with Crippen LogP contribution in [-0.2, 0) is 43.1 Å². The number of carbonyl (C=O) groups excluding carboxylic acids is 2. The number of ether oxygens (including phenoxy) is 4. The summed E-state index contributed by atoms with van der Waals surface area (Å²) < 4.78 is 34.3. The average molecular weight is 1330 g/mol. The van der Waals surface area contributed by atoms with Gasteiger partial charge in [-0.3, -0.25) is 4.90 Å². The molecule has 8 aromatic rings. The lowest BCUT2D eigenvalue weighted by Gasteiger charge is -2.37. The molecule has 2 fully saturated rings. The first-order valence-corrected chi connectivity index (χ1v) is 31.9. The fourth-order valence-corrected chi connectivity index (χ4v) is 13.0. The minimum Gasteiger partial charge on any atom is -0.488 e. The minimum absolute atomic E-state index is 0.239. The summed E-state index contributed by atoms with van der Waals surface area (Å²) >= 11 is 18.6. The molecule has 1 N–H and O–H groups in total. The van der Waals surface area contributed by atoms with E-state index in [0.717, 1.165) is 85.0 Å². The van der Waals surface area contributed by atoms with Gasteiger partial charge in [0.15, 0.2) is 3.92 Å². The highest BCUT2D eigenvalue weighted by molar-refractivity contribution is 9.11. The second-order valence-electron chi connectivity index (χ2n) is 21.1. The van der Waals surface area contributed by atoms with Crippen LogP contribution in [0.25, 0.3) is 32.7 Å². The zero-order chi connectivity index (χ0) is 61.9. The number of hydrogen-bond acceptors (Lipinski definition) is 19. The molecule has 0 saturated carbocycles. The number of aryl methyl sites for hydroxylation is 4. The number of thiazole rings is 3. The van der Waals surface area contributed by atoms with Crippen LogP contribution >= 0.6 is 73.1 Å². The van der Waals surface area contributed by atoms with Crippen LogP contribution in [0, 0.1) is 27.7 Å². The van der Waals surface area contributed by atoms with Crippen LogP contribution in [0.15, 0.2) is 94.9 Å². The van der Waals surface area contributed by atoms with Crippen LogP contribution < -0.4 is 10.3 Å². The molecule has 0 aliphatic carbocycles. The van der Waals surface area contributed by atoms with E-state index in [9.17, 15) is 19.5 Å². The minimum atomic E-state index is -0.967. The maximum Gasteiger partial charge on any atom is 0.514 e. The van der Waals surface area contributed by atoms with E-state index in [1.54, 1.807) is 58.9 Å². The van der Waals surface area contributed by atoms with Crippen molar-refractivity contribution < 1.29 is 47.7 Å². The van der Waals surface area contributed by atoms with Crippen LogP contribution in [0.5, 0.6) is 5.75 Å². The van der Waals surface area contributed by atoms with Crippen LogP contribution in [0.3, 0.4) is 0 Å². The van der Waals surface area contributed by atoms with Gasteiger partial charge >= 0.3 is 25.0 Å². The number of benzene rings is 2. The maximum absolute atomic E-state index is 11.7. The van der Waals surface area contributed by atoms with Crippen molar-refractivity contribution >= 4 is 104 Å². The summed E-state index contributed by atoms with van der Waals surface area (Å²) in [7, 11) is -0.441. The van der Waals surface area contributed by atoms with Crippen LogP contribution in [0.4, 0.5) is 0 Å². The molecule has 0 amide bonds. The van der Waals surface area contributed by atoms with Crippen molar-refractivity contribution in [2.24, 2.45) is 0 Å². The number of fused-ring (bicyclic) bond motifs is 1. The quantitative estimate of drug-likeness (QED) is 0.0647. The molecular formula is C62H67BBrCl2N7O10S3. The molecule has 2 saturated heterocycles. The molecule has 0 unspecified atom stereocenters. The summed E-state index contributed by atoms with van der Waals surface area (Å²) in [6.07, 6.45) is 3.32. The molecule has 0 radical (unpaired) electrons. The number of rotatable bonds is 13. The molecule has 0 bridgehead atoms. The number of hydrogen-bond donors (Lipinski definition) is 1. The fraction of sp³-hybridized carbons (Fsp3) is 0.371. The Bertz CT molecular complexity index is 3670. The zero-order valence-corrected chi connectivity index (χ0v) is 55.0. The molecule has 6 aromatic heterocycles. The van der Waals surface area contributed by atoms with E-state index in [4.69, 9.17) is 56.4 Å². The van der Waals surface area contributed by atoms with Crippen LogP contribution in [0.1, 0.15) is 123 Å². The number of aromatic carboxylic acids is 1. The van der Waals surface area contributed by atoms with E-state index >= 15 is 0 Å². The van der Waals surface area contributed by atoms with Crippen molar-refractivity contribution in [1.82, 2.24) is 34.8 Å². The number of carboxylic acid groups (broad SMARTS) is 1. The largest absolute Gasteiger partial charge is 0.514 e. The molecule has 3 aliphatic rings. The highest BCUT2D eigenvalue weighted by Gasteiger charge is 2.52.